The molecular weight excluding hydrogens is 616 g/mol. The topological polar surface area (TPSA) is 138 Å². The highest BCUT2D eigenvalue weighted by atomic mass is 16.6. The monoisotopic (exact) mass is 682 g/mol. The maximum atomic E-state index is 14.3. The van der Waals surface area contributed by atoms with Gasteiger partial charge >= 0.3 is 0 Å². The molecule has 15 atom stereocenters. The normalized spacial score (nSPS) is 52.3. The summed E-state index contributed by atoms with van der Waals surface area (Å²) in [6.45, 7) is 15.0. The first-order valence-corrected chi connectivity index (χ1v) is 20.2. The van der Waals surface area contributed by atoms with Crippen LogP contribution in [0.4, 0.5) is 0 Å². The zero-order chi connectivity index (χ0) is 34.9. The van der Waals surface area contributed by atoms with Crippen molar-refractivity contribution in [1.82, 2.24) is 5.32 Å². The summed E-state index contributed by atoms with van der Waals surface area (Å²) in [7, 11) is 0. The van der Waals surface area contributed by atoms with Crippen molar-refractivity contribution in [2.75, 3.05) is 13.2 Å². The number of hydrogen-bond donors (Lipinski definition) is 5. The van der Waals surface area contributed by atoms with Crippen molar-refractivity contribution in [3.8, 4) is 0 Å². The molecule has 3 aliphatic heterocycles. The molecule has 3 saturated carbocycles. The number of ether oxygens (including phenoxy) is 2. The van der Waals surface area contributed by atoms with E-state index in [1.54, 1.807) is 0 Å². The summed E-state index contributed by atoms with van der Waals surface area (Å²) in [5.74, 6) is 1.40. The van der Waals surface area contributed by atoms with Crippen molar-refractivity contribution in [1.29, 1.82) is 0 Å². The number of rotatable bonds is 7. The molecule has 0 aromatic rings. The molecule has 0 aromatic heterocycles. The minimum Gasteiger partial charge on any atom is -0.393 e. The molecule has 8 nitrogen and oxygen atoms in total. The van der Waals surface area contributed by atoms with Crippen LogP contribution in [0.3, 0.4) is 0 Å². The minimum atomic E-state index is -1.05. The van der Waals surface area contributed by atoms with Gasteiger partial charge in [0, 0.05) is 17.9 Å². The Bertz CT molecular complexity index is 1380. The highest BCUT2D eigenvalue weighted by Gasteiger charge is 2.77. The average Bonchev–Trinajstić information content (AvgIpc) is 3.83. The molecule has 0 radical (unpaired) electrons. The van der Waals surface area contributed by atoms with Crippen LogP contribution in [0.15, 0.2) is 11.1 Å². The molecule has 0 bridgehead atoms. The van der Waals surface area contributed by atoms with Gasteiger partial charge in [0.2, 0.25) is 0 Å². The van der Waals surface area contributed by atoms with Crippen LogP contribution < -0.4 is 11.1 Å². The molecule has 8 aliphatic rings. The van der Waals surface area contributed by atoms with Gasteiger partial charge in [0.05, 0.1) is 23.5 Å². The zero-order valence-electron chi connectivity index (χ0n) is 31.2. The summed E-state index contributed by atoms with van der Waals surface area (Å²) in [6, 6.07) is 0. The molecule has 3 heterocycles. The van der Waals surface area contributed by atoms with Gasteiger partial charge in [0.15, 0.2) is 5.78 Å². The largest absolute Gasteiger partial charge is 0.393 e. The van der Waals surface area contributed by atoms with Gasteiger partial charge in [-0.25, -0.2) is 0 Å². The van der Waals surface area contributed by atoms with Crippen molar-refractivity contribution in [2.24, 2.45) is 57.5 Å². The van der Waals surface area contributed by atoms with Crippen LogP contribution >= 0.6 is 0 Å². The molecule has 5 aliphatic carbocycles. The third-order valence-electron chi connectivity index (χ3n) is 17.1. The van der Waals surface area contributed by atoms with Crippen molar-refractivity contribution >= 4 is 5.78 Å². The number of ketones is 1. The van der Waals surface area contributed by atoms with E-state index in [1.165, 1.54) is 0 Å². The Hall–Kier alpha value is -0.870. The number of piperidine rings is 1. The lowest BCUT2D eigenvalue weighted by atomic mass is 9.42. The number of carbonyl (C=O) groups is 1. The van der Waals surface area contributed by atoms with E-state index in [1.807, 2.05) is 6.92 Å². The molecule has 8 heteroatoms. The summed E-state index contributed by atoms with van der Waals surface area (Å²) in [5.41, 5.74) is 4.47. The summed E-state index contributed by atoms with van der Waals surface area (Å²) in [5, 5.41) is 39.9. The second-order valence-electron chi connectivity index (χ2n) is 19.9. The lowest BCUT2D eigenvalue weighted by molar-refractivity contribution is -0.197. The highest BCUT2D eigenvalue weighted by Crippen LogP contribution is 2.75. The van der Waals surface area contributed by atoms with E-state index in [0.717, 1.165) is 101 Å². The van der Waals surface area contributed by atoms with Gasteiger partial charge in [-0.05, 0) is 155 Å². The van der Waals surface area contributed by atoms with E-state index >= 15 is 0 Å². The number of nitrogens with one attached hydrogen (secondary N) is 1. The summed E-state index contributed by atoms with van der Waals surface area (Å²) in [6.07, 6.45) is 11.4. The number of aliphatic hydroxyl groups is 3. The van der Waals surface area contributed by atoms with Gasteiger partial charge in [-0.1, -0.05) is 34.6 Å². The van der Waals surface area contributed by atoms with Gasteiger partial charge in [0.1, 0.15) is 17.8 Å². The molecule has 6 N–H and O–H groups in total. The van der Waals surface area contributed by atoms with Crippen molar-refractivity contribution in [3.63, 3.8) is 0 Å². The average molecular weight is 683 g/mol. The molecule has 6 fully saturated rings. The molecule has 49 heavy (non-hydrogen) atoms. The third kappa shape index (κ3) is 4.89. The van der Waals surface area contributed by atoms with E-state index in [-0.39, 0.29) is 58.7 Å². The number of hydrogen-bond acceptors (Lipinski definition) is 8. The Morgan fingerprint density at radius 1 is 1.02 bits per heavy atom. The Labute approximate surface area is 294 Å². The maximum Gasteiger partial charge on any atom is 0.162 e. The Balaban J connectivity index is 1.12. The molecule has 3 saturated heterocycles. The number of carbonyl (C=O) groups excluding carboxylic acids is 1. The van der Waals surface area contributed by atoms with Crippen molar-refractivity contribution < 1.29 is 29.6 Å². The predicted molar refractivity (Wildman–Crippen MR) is 188 cm³/mol. The smallest absolute Gasteiger partial charge is 0.162 e. The molecular formula is C41H66N2O6. The molecule has 8 rings (SSSR count). The van der Waals surface area contributed by atoms with Crippen LogP contribution in [0.2, 0.25) is 0 Å². The van der Waals surface area contributed by atoms with Crippen LogP contribution in [-0.2, 0) is 14.3 Å². The van der Waals surface area contributed by atoms with E-state index in [2.05, 4.69) is 39.9 Å². The van der Waals surface area contributed by atoms with Crippen LogP contribution in [-0.4, -0.2) is 75.5 Å². The summed E-state index contributed by atoms with van der Waals surface area (Å²) in [4.78, 5) is 14.3. The fraction of sp³-hybridized carbons (Fsp3) is 0.927. The SMILES string of the molecule is CC1CCOC(C2OC2C(C)(O)C(C)(C)CCC2CCNC(N)C2)(C2CC3CCC4=C5C(CCC2(C)C53O)C2(C)CCC(O)CC2C4=O)C1. The lowest BCUT2D eigenvalue weighted by Gasteiger charge is -2.63. The Morgan fingerprint density at radius 2 is 1.80 bits per heavy atom. The van der Waals surface area contributed by atoms with Crippen molar-refractivity contribution in [3.05, 3.63) is 11.1 Å². The second-order valence-corrected chi connectivity index (χ2v) is 19.9. The number of aliphatic hydroxyl groups excluding tert-OH is 1. The lowest BCUT2D eigenvalue weighted by Crippen LogP contribution is -2.65. The second kappa shape index (κ2) is 11.6. The molecule has 0 spiro atoms. The third-order valence-corrected chi connectivity index (χ3v) is 17.1. The molecule has 276 valence electrons. The number of epoxide rings is 1. The standard InChI is InChI=1S/C41H66N2O6/c1-23-13-18-48-40(22-23,35-34(49-35)39(6,46)36(2,3)14-9-24-12-17-43-31(42)19-24)30-20-25-7-8-27-32-28(11-16-38(30,5)41(25,32)47)37(4)15-10-26(44)21-29(37)33(27)45/h23-26,28-31,34-35,43-44,46-47H,7-22,42H2,1-6H3. The quantitative estimate of drug-likeness (QED) is 0.225. The van der Waals surface area contributed by atoms with E-state index < -0.39 is 28.3 Å². The first-order valence-electron chi connectivity index (χ1n) is 20.2. The van der Waals surface area contributed by atoms with E-state index in [9.17, 15) is 20.1 Å². The van der Waals surface area contributed by atoms with Crippen LogP contribution in [0.1, 0.15) is 131 Å². The summed E-state index contributed by atoms with van der Waals surface area (Å²) >= 11 is 0. The van der Waals surface area contributed by atoms with E-state index in [0.29, 0.717) is 24.9 Å². The predicted octanol–water partition coefficient (Wildman–Crippen LogP) is 5.40. The highest BCUT2D eigenvalue weighted by molar-refractivity contribution is 6.00. The van der Waals surface area contributed by atoms with Gasteiger partial charge < -0.3 is 35.8 Å². The van der Waals surface area contributed by atoms with E-state index in [4.69, 9.17) is 15.2 Å². The van der Waals surface area contributed by atoms with Crippen LogP contribution in [0, 0.1) is 51.8 Å². The number of fused-ring (bicyclic) bond motifs is 2. The first-order chi connectivity index (χ1) is 23.0. The fourth-order valence-corrected chi connectivity index (χ4v) is 13.6. The summed E-state index contributed by atoms with van der Waals surface area (Å²) < 4.78 is 13.9. The Kier molecular flexibility index (Phi) is 8.30. The molecule has 15 unspecified atom stereocenters. The molecule has 0 amide bonds. The maximum absolute atomic E-state index is 14.3. The minimum absolute atomic E-state index is 0.0589. The van der Waals surface area contributed by atoms with Gasteiger partial charge in [-0.2, -0.15) is 0 Å². The number of Topliss-reactive ketones (excluding diaryl/α,β-unsaturated/α-hetero) is 1. The van der Waals surface area contributed by atoms with Crippen LogP contribution in [0.5, 0.6) is 0 Å². The molecule has 0 aromatic carbocycles. The first kappa shape index (κ1) is 35.2. The van der Waals surface area contributed by atoms with Crippen LogP contribution in [0.25, 0.3) is 0 Å². The van der Waals surface area contributed by atoms with Gasteiger partial charge in [0.25, 0.3) is 0 Å². The van der Waals surface area contributed by atoms with Crippen molar-refractivity contribution in [2.45, 2.75) is 173 Å². The van der Waals surface area contributed by atoms with Gasteiger partial charge in [-0.3, -0.25) is 4.79 Å². The Morgan fingerprint density at radius 3 is 2.53 bits per heavy atom. The number of nitrogens with two attached hydrogens (primary N) is 1. The fourth-order valence-electron chi connectivity index (χ4n) is 13.6. The number of allylic oxidation sites excluding steroid dienone is 1. The van der Waals surface area contributed by atoms with Gasteiger partial charge in [-0.15, -0.1) is 0 Å². The zero-order valence-corrected chi connectivity index (χ0v) is 31.2.